The van der Waals surface area contributed by atoms with E-state index in [-0.39, 0.29) is 12.2 Å². The van der Waals surface area contributed by atoms with Crippen molar-refractivity contribution in [1.82, 2.24) is 9.97 Å². The number of benzene rings is 1. The number of thiophene rings is 1. The van der Waals surface area contributed by atoms with Crippen molar-refractivity contribution in [3.63, 3.8) is 0 Å². The number of aromatic nitrogens is 2. The molecule has 0 saturated heterocycles. The minimum Gasteiger partial charge on any atom is -0.485 e. The van der Waals surface area contributed by atoms with Crippen molar-refractivity contribution >= 4 is 21.6 Å². The fourth-order valence-electron chi connectivity index (χ4n) is 2.09. The number of hydrogen-bond donors (Lipinski definition) is 2. The Hall–Kier alpha value is -2.18. The molecule has 0 radical (unpaired) electrons. The molecular formula is C15H14N2O3S. The van der Waals surface area contributed by atoms with Gasteiger partial charge in [-0.05, 0) is 24.4 Å². The van der Waals surface area contributed by atoms with Gasteiger partial charge in [0.2, 0.25) is 0 Å². The van der Waals surface area contributed by atoms with Crippen LogP contribution < -0.4 is 10.3 Å². The summed E-state index contributed by atoms with van der Waals surface area (Å²) in [5.41, 5.74) is 1.22. The number of aliphatic hydroxyl groups excluding tert-OH is 1. The van der Waals surface area contributed by atoms with Crippen LogP contribution in [0.3, 0.4) is 0 Å². The highest BCUT2D eigenvalue weighted by Crippen LogP contribution is 2.25. The summed E-state index contributed by atoms with van der Waals surface area (Å²) in [4.78, 5) is 18.9. The van der Waals surface area contributed by atoms with Gasteiger partial charge in [-0.25, -0.2) is 4.98 Å². The topological polar surface area (TPSA) is 75.2 Å². The molecule has 6 heteroatoms. The zero-order valence-electron chi connectivity index (χ0n) is 11.4. The van der Waals surface area contributed by atoms with E-state index >= 15 is 0 Å². The third kappa shape index (κ3) is 2.81. The predicted molar refractivity (Wildman–Crippen MR) is 81.6 cm³/mol. The Bertz CT molecular complexity index is 823. The van der Waals surface area contributed by atoms with Crippen LogP contribution in [0.15, 0.2) is 40.5 Å². The van der Waals surface area contributed by atoms with Crippen LogP contribution in [0.1, 0.15) is 24.4 Å². The number of nitrogens with zero attached hydrogens (tertiary/aromatic N) is 1. The first kappa shape index (κ1) is 13.8. The van der Waals surface area contributed by atoms with Gasteiger partial charge in [0.25, 0.3) is 5.56 Å². The minimum absolute atomic E-state index is 0.144. The van der Waals surface area contributed by atoms with Crippen LogP contribution in [0.4, 0.5) is 0 Å². The molecular weight excluding hydrogens is 288 g/mol. The summed E-state index contributed by atoms with van der Waals surface area (Å²) in [6.45, 7) is 1.82. The van der Waals surface area contributed by atoms with E-state index in [1.54, 1.807) is 19.1 Å². The standard InChI is InChI=1S/C15H14N2O3S/c1-9(18)10-4-2-3-5-12(10)20-8-13-16-11-6-7-21-14(11)15(19)17-13/h2-7,9,18H,8H2,1H3,(H,16,17,19)/t9-/m1/s1. The molecule has 0 aliphatic carbocycles. The number of ether oxygens (including phenoxy) is 1. The number of aromatic amines is 1. The lowest BCUT2D eigenvalue weighted by Crippen LogP contribution is -2.12. The van der Waals surface area contributed by atoms with Crippen LogP contribution in [0.5, 0.6) is 5.75 Å². The maximum absolute atomic E-state index is 11.9. The number of H-pyrrole nitrogens is 1. The third-order valence-electron chi connectivity index (χ3n) is 3.10. The van der Waals surface area contributed by atoms with Crippen LogP contribution in [-0.2, 0) is 6.61 Å². The summed E-state index contributed by atoms with van der Waals surface area (Å²) in [6, 6.07) is 9.07. The molecule has 5 nitrogen and oxygen atoms in total. The second-order valence-corrected chi connectivity index (χ2v) is 5.57. The highest BCUT2D eigenvalue weighted by molar-refractivity contribution is 7.17. The van der Waals surface area contributed by atoms with E-state index in [0.29, 0.717) is 27.4 Å². The van der Waals surface area contributed by atoms with Crippen molar-refractivity contribution in [1.29, 1.82) is 0 Å². The largest absolute Gasteiger partial charge is 0.485 e. The van der Waals surface area contributed by atoms with Gasteiger partial charge in [-0.15, -0.1) is 11.3 Å². The number of nitrogens with one attached hydrogen (secondary N) is 1. The summed E-state index contributed by atoms with van der Waals surface area (Å²) in [6.07, 6.45) is -0.618. The first-order chi connectivity index (χ1) is 10.1. The van der Waals surface area contributed by atoms with Gasteiger partial charge in [0.15, 0.2) is 0 Å². The third-order valence-corrected chi connectivity index (χ3v) is 4.00. The van der Waals surface area contributed by atoms with E-state index in [1.807, 2.05) is 23.6 Å². The Morgan fingerprint density at radius 1 is 1.38 bits per heavy atom. The number of para-hydroxylation sites is 1. The summed E-state index contributed by atoms with van der Waals surface area (Å²) >= 11 is 1.36. The van der Waals surface area contributed by atoms with Gasteiger partial charge in [0.1, 0.15) is 22.9 Å². The summed E-state index contributed by atoms with van der Waals surface area (Å²) in [5.74, 6) is 1.05. The second-order valence-electron chi connectivity index (χ2n) is 4.65. The van der Waals surface area contributed by atoms with Gasteiger partial charge in [-0.2, -0.15) is 0 Å². The fraction of sp³-hybridized carbons (Fsp3) is 0.200. The Labute approximate surface area is 124 Å². The molecule has 0 bridgehead atoms. The lowest BCUT2D eigenvalue weighted by atomic mass is 10.1. The molecule has 0 spiro atoms. The van der Waals surface area contributed by atoms with Crippen LogP contribution in [0.25, 0.3) is 10.2 Å². The number of rotatable bonds is 4. The lowest BCUT2D eigenvalue weighted by Gasteiger charge is -2.12. The van der Waals surface area contributed by atoms with Gasteiger partial charge in [0.05, 0.1) is 11.6 Å². The predicted octanol–water partition coefficient (Wildman–Crippen LogP) is 2.62. The second kappa shape index (κ2) is 5.67. The van der Waals surface area contributed by atoms with Gasteiger partial charge in [-0.1, -0.05) is 18.2 Å². The molecule has 0 aliphatic rings. The smallest absolute Gasteiger partial charge is 0.268 e. The minimum atomic E-state index is -0.618. The molecule has 2 aromatic heterocycles. The highest BCUT2D eigenvalue weighted by atomic mass is 32.1. The SMILES string of the molecule is C[C@@H](O)c1ccccc1OCc1nc2ccsc2c(=O)[nH]1. The maximum atomic E-state index is 11.9. The Morgan fingerprint density at radius 2 is 2.19 bits per heavy atom. The van der Waals surface area contributed by atoms with Crippen molar-refractivity contribution in [3.8, 4) is 5.75 Å². The van der Waals surface area contributed by atoms with Gasteiger partial charge in [0, 0.05) is 5.56 Å². The van der Waals surface area contributed by atoms with Gasteiger partial charge < -0.3 is 14.8 Å². The molecule has 0 saturated carbocycles. The first-order valence-electron chi connectivity index (χ1n) is 6.51. The van der Waals surface area contributed by atoms with Crippen LogP contribution in [0.2, 0.25) is 0 Å². The molecule has 2 heterocycles. The van der Waals surface area contributed by atoms with Crippen LogP contribution in [-0.4, -0.2) is 15.1 Å². The van der Waals surface area contributed by atoms with Crippen molar-refractivity contribution in [2.45, 2.75) is 19.6 Å². The average molecular weight is 302 g/mol. The maximum Gasteiger partial charge on any atom is 0.268 e. The molecule has 2 N–H and O–H groups in total. The molecule has 0 unspecified atom stereocenters. The normalized spacial score (nSPS) is 12.5. The van der Waals surface area contributed by atoms with Gasteiger partial charge in [-0.3, -0.25) is 4.79 Å². The van der Waals surface area contributed by atoms with Crippen LogP contribution >= 0.6 is 11.3 Å². The zero-order chi connectivity index (χ0) is 14.8. The first-order valence-corrected chi connectivity index (χ1v) is 7.39. The fourth-order valence-corrected chi connectivity index (χ4v) is 2.82. The molecule has 0 amide bonds. The van der Waals surface area contributed by atoms with Crippen LogP contribution in [0, 0.1) is 0 Å². The Kier molecular flexibility index (Phi) is 3.72. The monoisotopic (exact) mass is 302 g/mol. The van der Waals surface area contributed by atoms with E-state index in [4.69, 9.17) is 4.74 Å². The zero-order valence-corrected chi connectivity index (χ0v) is 12.2. The van der Waals surface area contributed by atoms with Crippen molar-refractivity contribution in [3.05, 3.63) is 57.5 Å². The lowest BCUT2D eigenvalue weighted by molar-refractivity contribution is 0.189. The summed E-state index contributed by atoms with van der Waals surface area (Å²) in [5, 5.41) is 11.5. The summed E-state index contributed by atoms with van der Waals surface area (Å²) in [7, 11) is 0. The van der Waals surface area contributed by atoms with Crippen molar-refractivity contribution in [2.24, 2.45) is 0 Å². The molecule has 0 fully saturated rings. The molecule has 21 heavy (non-hydrogen) atoms. The van der Waals surface area contributed by atoms with E-state index in [9.17, 15) is 9.90 Å². The van der Waals surface area contributed by atoms with E-state index in [0.717, 1.165) is 0 Å². The van der Waals surface area contributed by atoms with Crippen molar-refractivity contribution < 1.29 is 9.84 Å². The van der Waals surface area contributed by atoms with E-state index in [1.165, 1.54) is 11.3 Å². The highest BCUT2D eigenvalue weighted by Gasteiger charge is 2.10. The average Bonchev–Trinajstić information content (AvgIpc) is 2.94. The molecule has 3 rings (SSSR count). The van der Waals surface area contributed by atoms with Gasteiger partial charge >= 0.3 is 0 Å². The molecule has 0 aliphatic heterocycles. The molecule has 1 atom stereocenters. The quantitative estimate of drug-likeness (QED) is 0.777. The number of fused-ring (bicyclic) bond motifs is 1. The number of aliphatic hydroxyl groups is 1. The van der Waals surface area contributed by atoms with Crippen molar-refractivity contribution in [2.75, 3.05) is 0 Å². The Balaban J connectivity index is 1.85. The number of hydrogen-bond acceptors (Lipinski definition) is 5. The van der Waals surface area contributed by atoms with E-state index < -0.39 is 6.10 Å². The van der Waals surface area contributed by atoms with E-state index in [2.05, 4.69) is 9.97 Å². The molecule has 108 valence electrons. The Morgan fingerprint density at radius 3 is 3.00 bits per heavy atom. The summed E-state index contributed by atoms with van der Waals surface area (Å²) < 4.78 is 6.29. The molecule has 3 aromatic rings. The molecule has 1 aromatic carbocycles.